The van der Waals surface area contributed by atoms with E-state index in [4.69, 9.17) is 0 Å². The lowest BCUT2D eigenvalue weighted by molar-refractivity contribution is 0.0980. The van der Waals surface area contributed by atoms with E-state index >= 15 is 0 Å². The number of nitrogens with one attached hydrogen (secondary N) is 1. The Labute approximate surface area is 103 Å². The van der Waals surface area contributed by atoms with Gasteiger partial charge in [-0.2, -0.15) is 0 Å². The van der Waals surface area contributed by atoms with E-state index in [9.17, 15) is 0 Å². The van der Waals surface area contributed by atoms with Crippen molar-refractivity contribution >= 4 is 5.69 Å². The summed E-state index contributed by atoms with van der Waals surface area (Å²) in [6.45, 7) is 3.47. The average Bonchev–Trinajstić information content (AvgIpc) is 2.91. The van der Waals surface area contributed by atoms with E-state index in [1.807, 2.05) is 0 Å². The molecular weight excluding hydrogens is 208 g/mol. The van der Waals surface area contributed by atoms with Crippen molar-refractivity contribution in [1.82, 2.24) is 4.90 Å². The van der Waals surface area contributed by atoms with Crippen molar-refractivity contribution in [3.05, 3.63) is 29.8 Å². The fourth-order valence-corrected chi connectivity index (χ4v) is 4.34. The van der Waals surface area contributed by atoms with Crippen LogP contribution in [0.5, 0.6) is 0 Å². The van der Waals surface area contributed by atoms with Crippen LogP contribution in [0.15, 0.2) is 24.3 Å². The van der Waals surface area contributed by atoms with Crippen molar-refractivity contribution in [3.8, 4) is 0 Å². The molecule has 1 N–H and O–H groups in total. The first-order valence-corrected chi connectivity index (χ1v) is 6.72. The summed E-state index contributed by atoms with van der Waals surface area (Å²) in [4.78, 5) is 2.57. The number of anilines is 1. The van der Waals surface area contributed by atoms with Crippen LogP contribution < -0.4 is 5.32 Å². The minimum absolute atomic E-state index is 0.676. The summed E-state index contributed by atoms with van der Waals surface area (Å²) < 4.78 is 0. The molecule has 0 amide bonds. The fourth-order valence-electron chi connectivity index (χ4n) is 4.34. The van der Waals surface area contributed by atoms with Crippen molar-refractivity contribution in [3.63, 3.8) is 0 Å². The maximum Gasteiger partial charge on any atom is 0.0428 e. The summed E-state index contributed by atoms with van der Waals surface area (Å²) in [5.74, 6) is 1.02. The normalized spacial score (nSPS) is 42.6. The van der Waals surface area contributed by atoms with Crippen molar-refractivity contribution in [1.29, 1.82) is 0 Å². The van der Waals surface area contributed by atoms with Gasteiger partial charge in [0.15, 0.2) is 0 Å². The molecule has 1 saturated heterocycles. The van der Waals surface area contributed by atoms with E-state index in [0.29, 0.717) is 6.04 Å². The molecule has 1 spiro atoms. The van der Waals surface area contributed by atoms with Gasteiger partial charge < -0.3 is 10.2 Å². The molecule has 2 heteroatoms. The first-order chi connectivity index (χ1) is 8.19. The summed E-state index contributed by atoms with van der Waals surface area (Å²) >= 11 is 0. The zero-order chi connectivity index (χ0) is 11.6. The summed E-state index contributed by atoms with van der Waals surface area (Å²) in [6, 6.07) is 10.3. The van der Waals surface area contributed by atoms with E-state index in [1.54, 1.807) is 0 Å². The lowest BCUT2D eigenvalue weighted by Crippen LogP contribution is -2.57. The topological polar surface area (TPSA) is 15.3 Å². The molecule has 1 aliphatic heterocycles. The van der Waals surface area contributed by atoms with Gasteiger partial charge in [0.25, 0.3) is 0 Å². The van der Waals surface area contributed by atoms with Crippen LogP contribution >= 0.6 is 0 Å². The number of nitrogens with zero attached hydrogens (tertiary/aromatic N) is 1. The highest BCUT2D eigenvalue weighted by molar-refractivity contribution is 5.48. The van der Waals surface area contributed by atoms with Gasteiger partial charge in [-0.1, -0.05) is 17.7 Å². The predicted molar refractivity (Wildman–Crippen MR) is 70.2 cm³/mol. The highest BCUT2D eigenvalue weighted by Gasteiger charge is 2.73. The van der Waals surface area contributed by atoms with Crippen LogP contribution in [0.2, 0.25) is 0 Å². The third-order valence-corrected chi connectivity index (χ3v) is 5.24. The Morgan fingerprint density at radius 1 is 1.24 bits per heavy atom. The van der Waals surface area contributed by atoms with E-state index in [2.05, 4.69) is 48.5 Å². The number of benzene rings is 1. The maximum absolute atomic E-state index is 3.72. The number of rotatable bonds is 2. The molecule has 4 unspecified atom stereocenters. The Morgan fingerprint density at radius 3 is 2.71 bits per heavy atom. The lowest BCUT2D eigenvalue weighted by Gasteiger charge is -2.47. The van der Waals surface area contributed by atoms with Crippen molar-refractivity contribution < 1.29 is 0 Å². The van der Waals surface area contributed by atoms with Crippen molar-refractivity contribution in [2.45, 2.75) is 31.8 Å². The van der Waals surface area contributed by atoms with Crippen LogP contribution in [0.25, 0.3) is 0 Å². The fraction of sp³-hybridized carbons (Fsp3) is 0.600. The van der Waals surface area contributed by atoms with Gasteiger partial charge in [0, 0.05) is 24.3 Å². The van der Waals surface area contributed by atoms with Crippen LogP contribution in [0, 0.1) is 18.3 Å². The molecule has 3 aliphatic rings. The van der Waals surface area contributed by atoms with Gasteiger partial charge in [-0.05, 0) is 50.3 Å². The van der Waals surface area contributed by atoms with Crippen LogP contribution in [0.4, 0.5) is 5.69 Å². The molecule has 2 aliphatic carbocycles. The predicted octanol–water partition coefficient (Wildman–Crippen LogP) is 2.50. The van der Waals surface area contributed by atoms with Crippen molar-refractivity contribution in [2.75, 3.05) is 18.9 Å². The van der Waals surface area contributed by atoms with Crippen LogP contribution in [-0.2, 0) is 0 Å². The molecular formula is C15H20N2. The first kappa shape index (κ1) is 9.95. The molecule has 0 radical (unpaired) electrons. The van der Waals surface area contributed by atoms with Gasteiger partial charge in [-0.25, -0.2) is 0 Å². The van der Waals surface area contributed by atoms with E-state index in [-0.39, 0.29) is 0 Å². The minimum atomic E-state index is 0.676. The zero-order valence-electron chi connectivity index (χ0n) is 10.6. The zero-order valence-corrected chi connectivity index (χ0v) is 10.6. The Kier molecular flexibility index (Phi) is 1.79. The molecule has 1 heterocycles. The Balaban J connectivity index is 1.49. The Hall–Kier alpha value is -1.02. The molecule has 4 atom stereocenters. The molecule has 1 aromatic rings. The molecule has 2 saturated carbocycles. The van der Waals surface area contributed by atoms with Gasteiger partial charge in [0.1, 0.15) is 0 Å². The molecule has 90 valence electrons. The summed E-state index contributed by atoms with van der Waals surface area (Å²) in [5.41, 5.74) is 3.35. The van der Waals surface area contributed by atoms with E-state index in [1.165, 1.54) is 30.6 Å². The average molecular weight is 228 g/mol. The second-order valence-corrected chi connectivity index (χ2v) is 6.34. The monoisotopic (exact) mass is 228 g/mol. The third kappa shape index (κ3) is 1.25. The standard InChI is InChI=1S/C15H20N2/c1-10-3-5-12(6-4-10)16-13-8-15-7-11(15)9-17(2)14(13)15/h3-6,11,13-14,16H,7-9H2,1-2H3. The SMILES string of the molecule is Cc1ccc(NC2CC34CC3CN(C)C24)cc1. The molecule has 0 bridgehead atoms. The number of likely N-dealkylation sites (N-methyl/N-ethyl adjacent to an activating group) is 1. The van der Waals surface area contributed by atoms with Crippen LogP contribution in [0.1, 0.15) is 18.4 Å². The number of hydrogen-bond acceptors (Lipinski definition) is 2. The second kappa shape index (κ2) is 3.05. The Bertz CT molecular complexity index is 452. The first-order valence-electron chi connectivity index (χ1n) is 6.72. The Morgan fingerprint density at radius 2 is 2.00 bits per heavy atom. The lowest BCUT2D eigenvalue weighted by atomic mass is 9.71. The highest BCUT2D eigenvalue weighted by atomic mass is 15.3. The number of piperidine rings is 1. The minimum Gasteiger partial charge on any atom is -0.381 e. The number of aryl methyl sites for hydroxylation is 1. The third-order valence-electron chi connectivity index (χ3n) is 5.24. The van der Waals surface area contributed by atoms with Gasteiger partial charge in [0.05, 0.1) is 0 Å². The molecule has 2 nitrogen and oxygen atoms in total. The summed E-state index contributed by atoms with van der Waals surface area (Å²) in [7, 11) is 2.29. The van der Waals surface area contributed by atoms with Crippen molar-refractivity contribution in [2.24, 2.45) is 11.3 Å². The second-order valence-electron chi connectivity index (χ2n) is 6.34. The highest BCUT2D eigenvalue weighted by Crippen LogP contribution is 2.71. The van der Waals surface area contributed by atoms with Crippen LogP contribution in [-0.4, -0.2) is 30.6 Å². The van der Waals surface area contributed by atoms with Gasteiger partial charge in [-0.15, -0.1) is 0 Å². The molecule has 17 heavy (non-hydrogen) atoms. The van der Waals surface area contributed by atoms with Gasteiger partial charge in [0.2, 0.25) is 0 Å². The summed E-state index contributed by atoms with van der Waals surface area (Å²) in [5, 5.41) is 3.72. The van der Waals surface area contributed by atoms with E-state index in [0.717, 1.165) is 17.4 Å². The van der Waals surface area contributed by atoms with Gasteiger partial charge in [-0.3, -0.25) is 0 Å². The van der Waals surface area contributed by atoms with E-state index < -0.39 is 0 Å². The summed E-state index contributed by atoms with van der Waals surface area (Å²) in [6.07, 6.45) is 2.88. The molecule has 3 fully saturated rings. The number of likely N-dealkylation sites (tertiary alicyclic amines) is 1. The molecule has 4 rings (SSSR count). The molecule has 1 aromatic carbocycles. The number of hydrogen-bond donors (Lipinski definition) is 1. The maximum atomic E-state index is 3.72. The van der Waals surface area contributed by atoms with Gasteiger partial charge >= 0.3 is 0 Å². The smallest absolute Gasteiger partial charge is 0.0428 e. The molecule has 0 aromatic heterocycles. The largest absolute Gasteiger partial charge is 0.381 e. The quantitative estimate of drug-likeness (QED) is 0.836. The van der Waals surface area contributed by atoms with Crippen LogP contribution in [0.3, 0.4) is 0 Å².